The molecule has 0 spiro atoms. The van der Waals surface area contributed by atoms with E-state index in [1.807, 2.05) is 0 Å². The van der Waals surface area contributed by atoms with E-state index in [0.29, 0.717) is 16.9 Å². The van der Waals surface area contributed by atoms with Gasteiger partial charge in [-0.1, -0.05) is 54.9 Å². The fourth-order valence-electron chi connectivity index (χ4n) is 4.15. The molecule has 0 bridgehead atoms. The Balaban J connectivity index is 4.81. The number of hydrogen-bond acceptors (Lipinski definition) is 2. The highest BCUT2D eigenvalue weighted by Crippen LogP contribution is 2.36. The lowest BCUT2D eigenvalue weighted by Gasteiger charge is -2.46. The second-order valence-corrected chi connectivity index (χ2v) is 10.5. The molecule has 0 aromatic rings. The van der Waals surface area contributed by atoms with Gasteiger partial charge in [0.15, 0.2) is 0 Å². The maximum absolute atomic E-state index is 2.64. The first-order valence-corrected chi connectivity index (χ1v) is 10.2. The molecule has 0 saturated heterocycles. The van der Waals surface area contributed by atoms with Crippen LogP contribution in [0.25, 0.3) is 0 Å². The maximum atomic E-state index is 2.64. The van der Waals surface area contributed by atoms with Crippen LogP contribution in [0.2, 0.25) is 0 Å². The first kappa shape index (κ1) is 23.9. The molecular formula is C22H48N2. The van der Waals surface area contributed by atoms with Crippen molar-refractivity contribution >= 4 is 0 Å². The van der Waals surface area contributed by atoms with Gasteiger partial charge in [-0.15, -0.1) is 0 Å². The molecule has 0 aliphatic carbocycles. The molecule has 0 aromatic carbocycles. The Hall–Kier alpha value is -0.0800. The van der Waals surface area contributed by atoms with Crippen LogP contribution < -0.4 is 0 Å². The van der Waals surface area contributed by atoms with Crippen LogP contribution in [0, 0.1) is 10.8 Å². The second-order valence-electron chi connectivity index (χ2n) is 10.5. The van der Waals surface area contributed by atoms with E-state index in [9.17, 15) is 0 Å². The van der Waals surface area contributed by atoms with Gasteiger partial charge >= 0.3 is 0 Å². The van der Waals surface area contributed by atoms with Gasteiger partial charge in [0.1, 0.15) is 0 Å². The Labute approximate surface area is 154 Å². The van der Waals surface area contributed by atoms with Gasteiger partial charge in [0.25, 0.3) is 0 Å². The van der Waals surface area contributed by atoms with Crippen molar-refractivity contribution in [2.45, 2.75) is 106 Å². The van der Waals surface area contributed by atoms with Crippen molar-refractivity contribution in [3.63, 3.8) is 0 Å². The number of nitrogens with zero attached hydrogens (tertiary/aromatic N) is 2. The van der Waals surface area contributed by atoms with E-state index in [4.69, 9.17) is 0 Å². The minimum absolute atomic E-state index is 0.285. The van der Waals surface area contributed by atoms with Crippen molar-refractivity contribution in [3.05, 3.63) is 0 Å². The predicted molar refractivity (Wildman–Crippen MR) is 111 cm³/mol. The molecule has 0 fully saturated rings. The highest BCUT2D eigenvalue weighted by Gasteiger charge is 2.35. The number of unbranched alkanes of at least 4 members (excludes halogenated alkanes) is 1. The minimum atomic E-state index is 0.285. The Kier molecular flexibility index (Phi) is 9.54. The van der Waals surface area contributed by atoms with Crippen molar-refractivity contribution in [2.75, 3.05) is 27.2 Å². The Morgan fingerprint density at radius 3 is 1.88 bits per heavy atom. The molecular weight excluding hydrogens is 292 g/mol. The number of hydrogen-bond donors (Lipinski definition) is 0. The van der Waals surface area contributed by atoms with Crippen molar-refractivity contribution in [1.29, 1.82) is 0 Å². The summed E-state index contributed by atoms with van der Waals surface area (Å²) in [6.07, 6.45) is 6.30. The molecule has 2 nitrogen and oxygen atoms in total. The van der Waals surface area contributed by atoms with E-state index >= 15 is 0 Å². The third-order valence-electron chi connectivity index (χ3n) is 5.72. The van der Waals surface area contributed by atoms with E-state index < -0.39 is 0 Å². The largest absolute Gasteiger partial charge is 0.304 e. The zero-order valence-electron chi connectivity index (χ0n) is 18.9. The molecule has 0 N–H and O–H groups in total. The third-order valence-corrected chi connectivity index (χ3v) is 5.72. The van der Waals surface area contributed by atoms with Crippen molar-refractivity contribution in [3.8, 4) is 0 Å². The lowest BCUT2D eigenvalue weighted by atomic mass is 9.77. The molecule has 0 saturated carbocycles. The highest BCUT2D eigenvalue weighted by molar-refractivity contribution is 4.90. The summed E-state index contributed by atoms with van der Waals surface area (Å²) < 4.78 is 0. The van der Waals surface area contributed by atoms with Crippen molar-refractivity contribution in [1.82, 2.24) is 9.80 Å². The third kappa shape index (κ3) is 8.85. The predicted octanol–water partition coefficient (Wildman–Crippen LogP) is 6.06. The van der Waals surface area contributed by atoms with Gasteiger partial charge in [0, 0.05) is 18.1 Å². The summed E-state index contributed by atoms with van der Waals surface area (Å²) in [5, 5.41) is 0. The molecule has 0 aliphatic rings. The van der Waals surface area contributed by atoms with Gasteiger partial charge in [-0.3, -0.25) is 0 Å². The Morgan fingerprint density at radius 2 is 1.46 bits per heavy atom. The molecule has 0 amide bonds. The second kappa shape index (κ2) is 9.57. The van der Waals surface area contributed by atoms with E-state index in [1.165, 1.54) is 45.2 Å². The van der Waals surface area contributed by atoms with Crippen LogP contribution in [0.3, 0.4) is 0 Å². The molecule has 2 heteroatoms. The molecule has 24 heavy (non-hydrogen) atoms. The summed E-state index contributed by atoms with van der Waals surface area (Å²) in [6.45, 7) is 23.8. The smallest absolute Gasteiger partial charge is 0.0181 e. The molecule has 0 rings (SSSR count). The zero-order valence-corrected chi connectivity index (χ0v) is 18.9. The van der Waals surface area contributed by atoms with Crippen LogP contribution >= 0.6 is 0 Å². The molecule has 0 radical (unpaired) electrons. The molecule has 0 aliphatic heterocycles. The standard InChI is InChI=1S/C22H48N2/c1-12-14-15-23(10)19(3)16-21(7,8)18-24(11)22(9,13-2)17-20(4,5)6/h19H,12-18H2,1-11H3. The summed E-state index contributed by atoms with van der Waals surface area (Å²) in [4.78, 5) is 5.18. The van der Waals surface area contributed by atoms with Crippen molar-refractivity contribution < 1.29 is 0 Å². The van der Waals surface area contributed by atoms with E-state index in [2.05, 4.69) is 86.2 Å². The number of rotatable bonds is 11. The molecule has 0 heterocycles. The molecule has 2 atom stereocenters. The summed E-state index contributed by atoms with van der Waals surface area (Å²) in [6, 6.07) is 0.649. The SMILES string of the molecule is CCCCN(C)C(C)CC(C)(C)CN(C)C(C)(CC)CC(C)(C)C. The van der Waals surface area contributed by atoms with Gasteiger partial charge in [-0.2, -0.15) is 0 Å². The normalized spacial score (nSPS) is 17.4. The highest BCUT2D eigenvalue weighted by atomic mass is 15.2. The van der Waals surface area contributed by atoms with Crippen LogP contribution in [0.1, 0.15) is 94.4 Å². The maximum Gasteiger partial charge on any atom is 0.0181 e. The average Bonchev–Trinajstić information content (AvgIpc) is 2.41. The van der Waals surface area contributed by atoms with Gasteiger partial charge < -0.3 is 9.80 Å². The Morgan fingerprint density at radius 1 is 0.917 bits per heavy atom. The summed E-state index contributed by atoms with van der Waals surface area (Å²) in [7, 11) is 4.62. The van der Waals surface area contributed by atoms with Crippen LogP contribution in [-0.2, 0) is 0 Å². The lowest BCUT2D eigenvalue weighted by Crippen LogP contribution is -2.50. The lowest BCUT2D eigenvalue weighted by molar-refractivity contribution is 0.0393. The monoisotopic (exact) mass is 340 g/mol. The summed E-state index contributed by atoms with van der Waals surface area (Å²) in [5.74, 6) is 0. The molecule has 2 unspecified atom stereocenters. The fraction of sp³-hybridized carbons (Fsp3) is 1.00. The average molecular weight is 341 g/mol. The molecule has 0 aromatic heterocycles. The summed E-state index contributed by atoms with van der Waals surface area (Å²) in [5.41, 5.74) is 0.993. The van der Waals surface area contributed by atoms with Gasteiger partial charge in [0.2, 0.25) is 0 Å². The van der Waals surface area contributed by atoms with Crippen LogP contribution in [-0.4, -0.2) is 48.6 Å². The topological polar surface area (TPSA) is 6.48 Å². The quantitative estimate of drug-likeness (QED) is 0.451. The molecule has 146 valence electrons. The fourth-order valence-corrected chi connectivity index (χ4v) is 4.15. The van der Waals surface area contributed by atoms with E-state index in [-0.39, 0.29) is 5.54 Å². The van der Waals surface area contributed by atoms with Crippen molar-refractivity contribution in [2.24, 2.45) is 10.8 Å². The minimum Gasteiger partial charge on any atom is -0.304 e. The van der Waals surface area contributed by atoms with Gasteiger partial charge in [-0.05, 0) is 71.0 Å². The van der Waals surface area contributed by atoms with E-state index in [0.717, 1.165) is 0 Å². The zero-order chi connectivity index (χ0) is 19.2. The van der Waals surface area contributed by atoms with E-state index in [1.54, 1.807) is 0 Å². The first-order valence-electron chi connectivity index (χ1n) is 10.2. The van der Waals surface area contributed by atoms with Crippen LogP contribution in [0.5, 0.6) is 0 Å². The van der Waals surface area contributed by atoms with Gasteiger partial charge in [0.05, 0.1) is 0 Å². The van der Waals surface area contributed by atoms with Crippen LogP contribution in [0.4, 0.5) is 0 Å². The first-order chi connectivity index (χ1) is 10.8. The Bertz CT molecular complexity index is 342. The van der Waals surface area contributed by atoms with Gasteiger partial charge in [-0.25, -0.2) is 0 Å². The van der Waals surface area contributed by atoms with Crippen LogP contribution in [0.15, 0.2) is 0 Å². The summed E-state index contributed by atoms with van der Waals surface area (Å²) >= 11 is 0.